The number of fused-ring (bicyclic) bond motifs is 1. The normalized spacial score (nSPS) is 10.9. The molecular formula is C22H23BrN2O4. The first-order chi connectivity index (χ1) is 14.0. The molecule has 0 bridgehead atoms. The number of carbonyl (C=O) groups is 2. The van der Waals surface area contributed by atoms with Gasteiger partial charge in [-0.15, -0.1) is 0 Å². The number of furan rings is 1. The lowest BCUT2D eigenvalue weighted by Gasteiger charge is -2.08. The summed E-state index contributed by atoms with van der Waals surface area (Å²) < 4.78 is 11.9. The molecule has 0 spiro atoms. The lowest BCUT2D eigenvalue weighted by atomic mass is 10.1. The highest BCUT2D eigenvalue weighted by molar-refractivity contribution is 9.10. The van der Waals surface area contributed by atoms with Crippen LogP contribution in [-0.4, -0.2) is 31.6 Å². The van der Waals surface area contributed by atoms with Crippen LogP contribution in [0.1, 0.15) is 39.8 Å². The van der Waals surface area contributed by atoms with E-state index >= 15 is 0 Å². The van der Waals surface area contributed by atoms with Crippen LogP contribution in [0, 0.1) is 6.92 Å². The average molecular weight is 459 g/mol. The molecule has 0 radical (unpaired) electrons. The predicted molar refractivity (Wildman–Crippen MR) is 116 cm³/mol. The van der Waals surface area contributed by atoms with Crippen molar-refractivity contribution in [1.29, 1.82) is 0 Å². The van der Waals surface area contributed by atoms with Crippen molar-refractivity contribution in [3.8, 4) is 0 Å². The molecule has 0 saturated heterocycles. The summed E-state index contributed by atoms with van der Waals surface area (Å²) in [5.74, 6) is -0.296. The third-order valence-electron chi connectivity index (χ3n) is 4.44. The lowest BCUT2D eigenvalue weighted by molar-refractivity contribution is 0.0942. The fourth-order valence-corrected chi connectivity index (χ4v) is 3.32. The maximum absolute atomic E-state index is 12.7. The quantitative estimate of drug-likeness (QED) is 0.469. The molecule has 1 aromatic heterocycles. The van der Waals surface area contributed by atoms with E-state index < -0.39 is 0 Å². The van der Waals surface area contributed by atoms with Crippen LogP contribution in [-0.2, 0) is 4.74 Å². The Bertz CT molecular complexity index is 1030. The number of amides is 2. The Hall–Kier alpha value is -2.64. The minimum absolute atomic E-state index is 0.192. The summed E-state index contributed by atoms with van der Waals surface area (Å²) >= 11 is 3.43. The number of anilines is 1. The van der Waals surface area contributed by atoms with Crippen LogP contribution < -0.4 is 10.6 Å². The van der Waals surface area contributed by atoms with Gasteiger partial charge >= 0.3 is 0 Å². The number of nitrogens with one attached hydrogen (secondary N) is 2. The second-order valence-electron chi connectivity index (χ2n) is 6.54. The maximum Gasteiger partial charge on any atom is 0.291 e. The van der Waals surface area contributed by atoms with Gasteiger partial charge in [0.15, 0.2) is 5.76 Å². The molecule has 0 aliphatic heterocycles. The topological polar surface area (TPSA) is 80.6 Å². The number of hydrogen-bond acceptors (Lipinski definition) is 4. The number of halogens is 1. The Morgan fingerprint density at radius 3 is 2.76 bits per heavy atom. The smallest absolute Gasteiger partial charge is 0.291 e. The third kappa shape index (κ3) is 5.25. The van der Waals surface area contributed by atoms with E-state index in [0.29, 0.717) is 36.6 Å². The molecule has 2 N–H and O–H groups in total. The molecule has 0 saturated carbocycles. The minimum Gasteiger partial charge on any atom is -0.451 e. The lowest BCUT2D eigenvalue weighted by Crippen LogP contribution is -2.25. The Kier molecular flexibility index (Phi) is 7.06. The number of rotatable bonds is 8. The molecule has 3 rings (SSSR count). The van der Waals surface area contributed by atoms with Gasteiger partial charge in [-0.1, -0.05) is 22.0 Å². The van der Waals surface area contributed by atoms with E-state index in [9.17, 15) is 9.59 Å². The SMILES string of the molecule is CCOCCCNC(=O)c1cccc(NC(=O)c2oc3ccc(Br)cc3c2C)c1. The molecule has 3 aromatic rings. The molecule has 0 aliphatic rings. The molecule has 2 aromatic carbocycles. The van der Waals surface area contributed by atoms with E-state index in [0.717, 1.165) is 21.8 Å². The van der Waals surface area contributed by atoms with Gasteiger partial charge in [-0.05, 0) is 56.7 Å². The fraction of sp³-hybridized carbons (Fsp3) is 0.273. The van der Waals surface area contributed by atoms with Crippen molar-refractivity contribution < 1.29 is 18.7 Å². The summed E-state index contributed by atoms with van der Waals surface area (Å²) in [4.78, 5) is 25.0. The van der Waals surface area contributed by atoms with Gasteiger partial charge in [0, 0.05) is 46.4 Å². The number of benzene rings is 2. The molecule has 0 fully saturated rings. The second-order valence-corrected chi connectivity index (χ2v) is 7.45. The van der Waals surface area contributed by atoms with Gasteiger partial charge in [-0.25, -0.2) is 0 Å². The highest BCUT2D eigenvalue weighted by atomic mass is 79.9. The van der Waals surface area contributed by atoms with Crippen molar-refractivity contribution in [3.05, 3.63) is 63.8 Å². The van der Waals surface area contributed by atoms with Gasteiger partial charge in [-0.2, -0.15) is 0 Å². The van der Waals surface area contributed by atoms with Crippen LogP contribution in [0.4, 0.5) is 5.69 Å². The van der Waals surface area contributed by atoms with Crippen LogP contribution >= 0.6 is 15.9 Å². The number of carbonyl (C=O) groups excluding carboxylic acids is 2. The first-order valence-electron chi connectivity index (χ1n) is 9.45. The first kappa shape index (κ1) is 21.1. The van der Waals surface area contributed by atoms with Crippen LogP contribution in [0.3, 0.4) is 0 Å². The summed E-state index contributed by atoms with van der Waals surface area (Å²) in [5.41, 5.74) is 2.42. The van der Waals surface area contributed by atoms with Crippen molar-refractivity contribution in [2.75, 3.05) is 25.1 Å². The second kappa shape index (κ2) is 9.71. The number of hydrogen-bond donors (Lipinski definition) is 2. The summed E-state index contributed by atoms with van der Waals surface area (Å²) in [6, 6.07) is 12.4. The molecule has 7 heteroatoms. The molecule has 0 unspecified atom stereocenters. The number of ether oxygens (including phenoxy) is 1. The van der Waals surface area contributed by atoms with E-state index in [1.54, 1.807) is 24.3 Å². The molecule has 6 nitrogen and oxygen atoms in total. The van der Waals surface area contributed by atoms with Gasteiger partial charge in [-0.3, -0.25) is 9.59 Å². The largest absolute Gasteiger partial charge is 0.451 e. The molecule has 1 heterocycles. The first-order valence-corrected chi connectivity index (χ1v) is 10.2. The fourth-order valence-electron chi connectivity index (χ4n) is 2.96. The van der Waals surface area contributed by atoms with Crippen molar-refractivity contribution in [3.63, 3.8) is 0 Å². The standard InChI is InChI=1S/C22H23BrN2O4/c1-3-28-11-5-10-24-21(26)15-6-4-7-17(12-15)25-22(27)20-14(2)18-13-16(23)8-9-19(18)29-20/h4,6-9,12-13H,3,5,10-11H2,1-2H3,(H,24,26)(H,25,27). The van der Waals surface area contributed by atoms with Crippen LogP contribution in [0.15, 0.2) is 51.4 Å². The Morgan fingerprint density at radius 2 is 1.97 bits per heavy atom. The van der Waals surface area contributed by atoms with Crippen LogP contribution in [0.25, 0.3) is 11.0 Å². The molecular weight excluding hydrogens is 436 g/mol. The highest BCUT2D eigenvalue weighted by Gasteiger charge is 2.18. The van der Waals surface area contributed by atoms with E-state index in [-0.39, 0.29) is 17.6 Å². The van der Waals surface area contributed by atoms with Gasteiger partial charge in [0.1, 0.15) is 5.58 Å². The number of aryl methyl sites for hydroxylation is 1. The third-order valence-corrected chi connectivity index (χ3v) is 4.94. The molecule has 0 aliphatic carbocycles. The van der Waals surface area contributed by atoms with Gasteiger partial charge in [0.05, 0.1) is 0 Å². The minimum atomic E-state index is -0.357. The Morgan fingerprint density at radius 1 is 1.14 bits per heavy atom. The van der Waals surface area contributed by atoms with Crippen molar-refractivity contribution in [2.45, 2.75) is 20.3 Å². The highest BCUT2D eigenvalue weighted by Crippen LogP contribution is 2.28. The zero-order valence-electron chi connectivity index (χ0n) is 16.4. The predicted octanol–water partition coefficient (Wildman–Crippen LogP) is 4.91. The summed E-state index contributed by atoms with van der Waals surface area (Å²) in [5, 5.41) is 6.54. The molecule has 2 amide bonds. The van der Waals surface area contributed by atoms with E-state index in [1.807, 2.05) is 32.0 Å². The van der Waals surface area contributed by atoms with E-state index in [4.69, 9.17) is 9.15 Å². The zero-order valence-corrected chi connectivity index (χ0v) is 18.0. The van der Waals surface area contributed by atoms with Gasteiger partial charge < -0.3 is 19.8 Å². The van der Waals surface area contributed by atoms with Gasteiger partial charge in [0.25, 0.3) is 11.8 Å². The van der Waals surface area contributed by atoms with Crippen LogP contribution in [0.5, 0.6) is 0 Å². The van der Waals surface area contributed by atoms with Crippen molar-refractivity contribution >= 4 is 44.4 Å². The van der Waals surface area contributed by atoms with Crippen molar-refractivity contribution in [1.82, 2.24) is 5.32 Å². The summed E-state index contributed by atoms with van der Waals surface area (Å²) in [7, 11) is 0. The summed E-state index contributed by atoms with van der Waals surface area (Å²) in [6.45, 7) is 5.59. The summed E-state index contributed by atoms with van der Waals surface area (Å²) in [6.07, 6.45) is 0.747. The van der Waals surface area contributed by atoms with Gasteiger partial charge in [0.2, 0.25) is 0 Å². The van der Waals surface area contributed by atoms with Crippen LogP contribution in [0.2, 0.25) is 0 Å². The van der Waals surface area contributed by atoms with Crippen molar-refractivity contribution in [2.24, 2.45) is 0 Å². The molecule has 0 atom stereocenters. The Labute approximate surface area is 177 Å². The Balaban J connectivity index is 1.68. The van der Waals surface area contributed by atoms with E-state index in [2.05, 4.69) is 26.6 Å². The molecule has 29 heavy (non-hydrogen) atoms. The molecule has 152 valence electrons. The monoisotopic (exact) mass is 458 g/mol. The zero-order chi connectivity index (χ0) is 20.8. The van der Waals surface area contributed by atoms with E-state index in [1.165, 1.54) is 0 Å². The maximum atomic E-state index is 12.7. The average Bonchev–Trinajstić information content (AvgIpc) is 3.04.